The molecule has 0 bridgehead atoms. The zero-order chi connectivity index (χ0) is 14.8. The molecule has 0 atom stereocenters. The molecule has 0 amide bonds. The highest BCUT2D eigenvalue weighted by Gasteiger charge is 2.33. The highest BCUT2D eigenvalue weighted by molar-refractivity contribution is 5.73. The number of carboxylic acids is 1. The first-order valence-electron chi connectivity index (χ1n) is 5.70. The second-order valence-electron chi connectivity index (χ2n) is 4.18. The van der Waals surface area contributed by atoms with Gasteiger partial charge >= 0.3 is 12.1 Å². The van der Waals surface area contributed by atoms with Crippen LogP contribution in [0.1, 0.15) is 11.1 Å². The maximum atomic E-state index is 12.8. The highest BCUT2D eigenvalue weighted by atomic mass is 19.4. The summed E-state index contributed by atoms with van der Waals surface area (Å²) >= 11 is 0. The predicted molar refractivity (Wildman–Crippen MR) is 66.0 cm³/mol. The van der Waals surface area contributed by atoms with Gasteiger partial charge in [0.1, 0.15) is 0 Å². The Morgan fingerprint density at radius 1 is 1.20 bits per heavy atom. The van der Waals surface area contributed by atoms with Crippen LogP contribution >= 0.6 is 0 Å². The summed E-state index contributed by atoms with van der Waals surface area (Å²) < 4.78 is 38.5. The summed E-state index contributed by atoms with van der Waals surface area (Å²) in [6, 6.07) is 6.81. The number of hydrogen-bond acceptors (Lipinski definition) is 2. The van der Waals surface area contributed by atoms with E-state index in [2.05, 4.69) is 4.98 Å². The van der Waals surface area contributed by atoms with Crippen molar-refractivity contribution in [2.45, 2.75) is 12.6 Å². The van der Waals surface area contributed by atoms with E-state index in [1.165, 1.54) is 18.3 Å². The van der Waals surface area contributed by atoms with Gasteiger partial charge in [0, 0.05) is 12.4 Å². The number of carbonyl (C=O) groups is 1. The van der Waals surface area contributed by atoms with E-state index in [9.17, 15) is 18.0 Å². The standard InChI is InChI=1S/C14H10F3NO2/c15-14(16,17)12-4-3-9(6-11(12)7-13(19)20)10-2-1-5-18-8-10/h1-6,8H,7H2,(H,19,20). The molecule has 0 spiro atoms. The molecule has 0 saturated carbocycles. The third kappa shape index (κ3) is 3.14. The molecular formula is C14H10F3NO2. The molecule has 0 unspecified atom stereocenters. The lowest BCUT2D eigenvalue weighted by Gasteiger charge is -2.13. The van der Waals surface area contributed by atoms with Crippen molar-refractivity contribution >= 4 is 5.97 Å². The number of benzene rings is 1. The van der Waals surface area contributed by atoms with Crippen LogP contribution in [0.5, 0.6) is 0 Å². The molecule has 6 heteroatoms. The fourth-order valence-corrected chi connectivity index (χ4v) is 1.89. The zero-order valence-corrected chi connectivity index (χ0v) is 10.2. The van der Waals surface area contributed by atoms with E-state index in [-0.39, 0.29) is 5.56 Å². The van der Waals surface area contributed by atoms with Gasteiger partial charge in [-0.15, -0.1) is 0 Å². The Morgan fingerprint density at radius 2 is 1.95 bits per heavy atom. The monoisotopic (exact) mass is 281 g/mol. The average Bonchev–Trinajstić information content (AvgIpc) is 2.37. The molecule has 2 aromatic rings. The zero-order valence-electron chi connectivity index (χ0n) is 10.2. The first kappa shape index (κ1) is 14.0. The van der Waals surface area contributed by atoms with Crippen LogP contribution in [-0.4, -0.2) is 16.1 Å². The van der Waals surface area contributed by atoms with Crippen LogP contribution in [-0.2, 0) is 17.4 Å². The summed E-state index contributed by atoms with van der Waals surface area (Å²) in [5.41, 5.74) is -0.0471. The molecule has 0 aliphatic carbocycles. The average molecular weight is 281 g/mol. The minimum atomic E-state index is -4.57. The van der Waals surface area contributed by atoms with E-state index in [4.69, 9.17) is 5.11 Å². The number of carboxylic acid groups (broad SMARTS) is 1. The van der Waals surface area contributed by atoms with E-state index < -0.39 is 24.1 Å². The topological polar surface area (TPSA) is 50.2 Å². The number of alkyl halides is 3. The largest absolute Gasteiger partial charge is 0.481 e. The fourth-order valence-electron chi connectivity index (χ4n) is 1.89. The lowest BCUT2D eigenvalue weighted by atomic mass is 9.98. The Kier molecular flexibility index (Phi) is 3.74. The van der Waals surface area contributed by atoms with Crippen LogP contribution in [0.4, 0.5) is 13.2 Å². The van der Waals surface area contributed by atoms with Gasteiger partial charge in [-0.1, -0.05) is 12.1 Å². The summed E-state index contributed by atoms with van der Waals surface area (Å²) in [5, 5.41) is 8.74. The predicted octanol–water partition coefficient (Wildman–Crippen LogP) is 3.39. The molecule has 0 aliphatic heterocycles. The third-order valence-corrected chi connectivity index (χ3v) is 2.75. The molecule has 0 fully saturated rings. The van der Waals surface area contributed by atoms with E-state index >= 15 is 0 Å². The number of nitrogens with zero attached hydrogens (tertiary/aromatic N) is 1. The molecule has 3 nitrogen and oxygen atoms in total. The molecule has 1 aromatic heterocycles. The lowest BCUT2D eigenvalue weighted by molar-refractivity contribution is -0.139. The van der Waals surface area contributed by atoms with Crippen molar-refractivity contribution in [3.05, 3.63) is 53.9 Å². The quantitative estimate of drug-likeness (QED) is 0.938. The molecule has 0 radical (unpaired) electrons. The van der Waals surface area contributed by atoms with Crippen molar-refractivity contribution in [1.29, 1.82) is 0 Å². The number of aromatic nitrogens is 1. The lowest BCUT2D eigenvalue weighted by Crippen LogP contribution is -2.12. The van der Waals surface area contributed by atoms with Crippen molar-refractivity contribution in [3.8, 4) is 11.1 Å². The van der Waals surface area contributed by atoms with Crippen LogP contribution in [0.25, 0.3) is 11.1 Å². The maximum absolute atomic E-state index is 12.8. The summed E-state index contributed by atoms with van der Waals surface area (Å²) in [6.07, 6.45) is -2.19. The summed E-state index contributed by atoms with van der Waals surface area (Å²) in [5.74, 6) is -1.31. The van der Waals surface area contributed by atoms with Crippen molar-refractivity contribution in [2.24, 2.45) is 0 Å². The molecule has 0 saturated heterocycles. The number of rotatable bonds is 3. The van der Waals surface area contributed by atoms with Gasteiger partial charge in [0.15, 0.2) is 0 Å². The van der Waals surface area contributed by atoms with Crippen LogP contribution < -0.4 is 0 Å². The third-order valence-electron chi connectivity index (χ3n) is 2.75. The van der Waals surface area contributed by atoms with Gasteiger partial charge in [-0.05, 0) is 34.9 Å². The van der Waals surface area contributed by atoms with Crippen LogP contribution in [0.2, 0.25) is 0 Å². The molecule has 1 aromatic carbocycles. The first-order chi connectivity index (χ1) is 9.38. The Bertz CT molecular complexity index is 624. The van der Waals surface area contributed by atoms with Crippen molar-refractivity contribution in [1.82, 2.24) is 4.98 Å². The molecule has 20 heavy (non-hydrogen) atoms. The van der Waals surface area contributed by atoms with Gasteiger partial charge in [0.25, 0.3) is 0 Å². The Morgan fingerprint density at radius 3 is 2.50 bits per heavy atom. The van der Waals surface area contributed by atoms with E-state index in [0.717, 1.165) is 6.07 Å². The Hall–Kier alpha value is -2.37. The normalized spacial score (nSPS) is 11.3. The Balaban J connectivity index is 2.51. The maximum Gasteiger partial charge on any atom is 0.416 e. The molecule has 104 valence electrons. The molecule has 2 rings (SSSR count). The molecular weight excluding hydrogens is 271 g/mol. The highest BCUT2D eigenvalue weighted by Crippen LogP contribution is 2.34. The van der Waals surface area contributed by atoms with Gasteiger partial charge < -0.3 is 5.11 Å². The number of hydrogen-bond donors (Lipinski definition) is 1. The van der Waals surface area contributed by atoms with Crippen molar-refractivity contribution in [3.63, 3.8) is 0 Å². The smallest absolute Gasteiger partial charge is 0.416 e. The fraction of sp³-hybridized carbons (Fsp3) is 0.143. The van der Waals surface area contributed by atoms with Crippen molar-refractivity contribution < 1.29 is 23.1 Å². The Labute approximate surface area is 112 Å². The number of aliphatic carboxylic acids is 1. The molecule has 1 N–H and O–H groups in total. The van der Waals surface area contributed by atoms with Crippen LogP contribution in [0, 0.1) is 0 Å². The van der Waals surface area contributed by atoms with E-state index in [0.29, 0.717) is 11.1 Å². The second kappa shape index (κ2) is 5.32. The number of pyridine rings is 1. The minimum absolute atomic E-state index is 0.258. The van der Waals surface area contributed by atoms with Crippen LogP contribution in [0.15, 0.2) is 42.7 Å². The van der Waals surface area contributed by atoms with Crippen LogP contribution in [0.3, 0.4) is 0 Å². The minimum Gasteiger partial charge on any atom is -0.481 e. The molecule has 0 aliphatic rings. The molecule has 1 heterocycles. The van der Waals surface area contributed by atoms with E-state index in [1.807, 2.05) is 0 Å². The SMILES string of the molecule is O=C(O)Cc1cc(-c2cccnc2)ccc1C(F)(F)F. The summed E-state index contributed by atoms with van der Waals surface area (Å²) in [4.78, 5) is 14.6. The van der Waals surface area contributed by atoms with Gasteiger partial charge in [0.2, 0.25) is 0 Å². The van der Waals surface area contributed by atoms with Gasteiger partial charge in [0.05, 0.1) is 12.0 Å². The van der Waals surface area contributed by atoms with E-state index in [1.54, 1.807) is 18.3 Å². The second-order valence-corrected chi connectivity index (χ2v) is 4.18. The summed E-state index contributed by atoms with van der Waals surface area (Å²) in [6.45, 7) is 0. The number of halogens is 3. The van der Waals surface area contributed by atoms with Gasteiger partial charge in [-0.3, -0.25) is 9.78 Å². The summed E-state index contributed by atoms with van der Waals surface area (Å²) in [7, 11) is 0. The van der Waals surface area contributed by atoms with Crippen molar-refractivity contribution in [2.75, 3.05) is 0 Å². The van der Waals surface area contributed by atoms with Gasteiger partial charge in [-0.2, -0.15) is 13.2 Å². The van der Waals surface area contributed by atoms with Gasteiger partial charge in [-0.25, -0.2) is 0 Å². The first-order valence-corrected chi connectivity index (χ1v) is 5.70.